The lowest BCUT2D eigenvalue weighted by molar-refractivity contribution is 0.0935. The predicted octanol–water partition coefficient (Wildman–Crippen LogP) is 5.83. The van der Waals surface area contributed by atoms with Crippen LogP contribution in [0.5, 0.6) is 0 Å². The molecule has 1 fully saturated rings. The van der Waals surface area contributed by atoms with Gasteiger partial charge in [0.1, 0.15) is 6.23 Å². The maximum atomic E-state index is 13.1. The zero-order valence-corrected chi connectivity index (χ0v) is 23.1. The number of amides is 1. The minimum absolute atomic E-state index is 0.0851. The van der Waals surface area contributed by atoms with Crippen molar-refractivity contribution in [2.45, 2.75) is 51.4 Å². The third-order valence-electron chi connectivity index (χ3n) is 7.65. The van der Waals surface area contributed by atoms with Crippen molar-refractivity contribution in [2.24, 2.45) is 0 Å². The first-order chi connectivity index (χ1) is 18.4. The third-order valence-corrected chi connectivity index (χ3v) is 8.79. The number of pyridine rings is 1. The summed E-state index contributed by atoms with van der Waals surface area (Å²) < 4.78 is 0. The number of nitrogens with one attached hydrogen (secondary N) is 2. The van der Waals surface area contributed by atoms with Crippen molar-refractivity contribution in [3.05, 3.63) is 87.9 Å². The first kappa shape index (κ1) is 26.5. The Morgan fingerprint density at radius 2 is 1.97 bits per heavy atom. The van der Waals surface area contributed by atoms with E-state index in [1.165, 1.54) is 0 Å². The van der Waals surface area contributed by atoms with Crippen molar-refractivity contribution in [1.29, 1.82) is 0 Å². The normalized spacial score (nSPS) is 16.4. The SMILES string of the molecule is CCC(NC(=O)c1ccc2cnccc2c1)c1cccc(-c2csc(C(O)NC3CCN(C)CC3)c2C)c1. The highest BCUT2D eigenvalue weighted by Crippen LogP contribution is 2.35. The van der Waals surface area contributed by atoms with Gasteiger partial charge >= 0.3 is 0 Å². The number of thiophene rings is 1. The Morgan fingerprint density at radius 1 is 1.16 bits per heavy atom. The summed E-state index contributed by atoms with van der Waals surface area (Å²) in [4.78, 5) is 20.6. The van der Waals surface area contributed by atoms with Crippen molar-refractivity contribution < 1.29 is 9.90 Å². The number of hydrogen-bond acceptors (Lipinski definition) is 6. The minimum atomic E-state index is -0.661. The zero-order chi connectivity index (χ0) is 26.6. The van der Waals surface area contributed by atoms with Gasteiger partial charge in [0.25, 0.3) is 5.91 Å². The van der Waals surface area contributed by atoms with E-state index in [1.807, 2.05) is 30.3 Å². The van der Waals surface area contributed by atoms with Crippen LogP contribution in [0.4, 0.5) is 0 Å². The van der Waals surface area contributed by atoms with Gasteiger partial charge in [0.05, 0.1) is 10.9 Å². The summed E-state index contributed by atoms with van der Waals surface area (Å²) in [7, 11) is 2.15. The molecule has 4 aromatic rings. The van der Waals surface area contributed by atoms with E-state index in [0.717, 1.165) is 70.3 Å². The lowest BCUT2D eigenvalue weighted by Crippen LogP contribution is -2.42. The number of rotatable bonds is 8. The Hall–Kier alpha value is -3.10. The van der Waals surface area contributed by atoms with Crippen molar-refractivity contribution in [2.75, 3.05) is 20.1 Å². The van der Waals surface area contributed by atoms with Gasteiger partial charge < -0.3 is 15.3 Å². The Kier molecular flexibility index (Phi) is 8.19. The third kappa shape index (κ3) is 5.81. The second kappa shape index (κ2) is 11.7. The molecule has 38 heavy (non-hydrogen) atoms. The van der Waals surface area contributed by atoms with Crippen LogP contribution in [-0.4, -0.2) is 47.1 Å². The van der Waals surface area contributed by atoms with Gasteiger partial charge in [-0.2, -0.15) is 0 Å². The van der Waals surface area contributed by atoms with Gasteiger partial charge in [0, 0.05) is 29.4 Å². The van der Waals surface area contributed by atoms with Crippen LogP contribution in [-0.2, 0) is 0 Å². The molecule has 2 atom stereocenters. The fourth-order valence-corrected chi connectivity index (χ4v) is 6.31. The molecule has 5 rings (SSSR count). The number of carbonyl (C=O) groups excluding carboxylic acids is 1. The molecule has 3 N–H and O–H groups in total. The van der Waals surface area contributed by atoms with Gasteiger partial charge in [-0.3, -0.25) is 15.1 Å². The minimum Gasteiger partial charge on any atom is -0.373 e. The Bertz CT molecular complexity index is 1410. The van der Waals surface area contributed by atoms with Crippen LogP contribution in [0, 0.1) is 6.92 Å². The fourth-order valence-electron chi connectivity index (χ4n) is 5.27. The van der Waals surface area contributed by atoms with Crippen molar-refractivity contribution in [3.63, 3.8) is 0 Å². The smallest absolute Gasteiger partial charge is 0.251 e. The molecule has 1 saturated heterocycles. The average molecular weight is 529 g/mol. The summed E-state index contributed by atoms with van der Waals surface area (Å²) in [5, 5.41) is 21.8. The average Bonchev–Trinajstić information content (AvgIpc) is 3.34. The molecule has 0 radical (unpaired) electrons. The van der Waals surface area contributed by atoms with Crippen LogP contribution < -0.4 is 10.6 Å². The summed E-state index contributed by atoms with van der Waals surface area (Å²) in [6, 6.07) is 16.2. The first-order valence-corrected chi connectivity index (χ1v) is 14.3. The molecule has 1 aliphatic rings. The molecule has 2 aromatic carbocycles. The molecule has 1 aliphatic heterocycles. The van der Waals surface area contributed by atoms with E-state index in [4.69, 9.17) is 0 Å². The maximum Gasteiger partial charge on any atom is 0.251 e. The van der Waals surface area contributed by atoms with Crippen LogP contribution in [0.15, 0.2) is 66.3 Å². The van der Waals surface area contributed by atoms with E-state index in [1.54, 1.807) is 23.7 Å². The van der Waals surface area contributed by atoms with Crippen molar-refractivity contribution in [3.8, 4) is 11.1 Å². The number of piperidine rings is 1. The Balaban J connectivity index is 1.31. The van der Waals surface area contributed by atoms with E-state index < -0.39 is 6.23 Å². The van der Waals surface area contributed by atoms with Crippen LogP contribution in [0.25, 0.3) is 21.9 Å². The molecule has 1 amide bonds. The Labute approximate surface area is 228 Å². The number of aliphatic hydroxyl groups is 1. The summed E-state index contributed by atoms with van der Waals surface area (Å²) in [6.07, 6.45) is 5.76. The van der Waals surface area contributed by atoms with E-state index in [9.17, 15) is 9.90 Å². The van der Waals surface area contributed by atoms with Crippen LogP contribution in [0.2, 0.25) is 0 Å². The topological polar surface area (TPSA) is 77.5 Å². The van der Waals surface area contributed by atoms with Gasteiger partial charge in [-0.1, -0.05) is 31.2 Å². The molecule has 2 unspecified atom stereocenters. The summed E-state index contributed by atoms with van der Waals surface area (Å²) in [5.74, 6) is -0.0851. The van der Waals surface area contributed by atoms with Crippen molar-refractivity contribution in [1.82, 2.24) is 20.5 Å². The molecular formula is C31H36N4O2S. The molecule has 0 saturated carbocycles. The zero-order valence-electron chi connectivity index (χ0n) is 22.3. The van der Waals surface area contributed by atoms with Gasteiger partial charge in [0.15, 0.2) is 0 Å². The van der Waals surface area contributed by atoms with E-state index in [2.05, 4.69) is 65.0 Å². The van der Waals surface area contributed by atoms with E-state index in [0.29, 0.717) is 11.6 Å². The number of aromatic nitrogens is 1. The van der Waals surface area contributed by atoms with Gasteiger partial charge in [-0.15, -0.1) is 11.3 Å². The van der Waals surface area contributed by atoms with Crippen molar-refractivity contribution >= 4 is 28.0 Å². The van der Waals surface area contributed by atoms with Gasteiger partial charge in [-0.25, -0.2) is 0 Å². The summed E-state index contributed by atoms with van der Waals surface area (Å²) >= 11 is 1.60. The molecule has 198 valence electrons. The molecule has 0 bridgehead atoms. The Morgan fingerprint density at radius 3 is 2.76 bits per heavy atom. The lowest BCUT2D eigenvalue weighted by Gasteiger charge is -2.31. The molecular weight excluding hydrogens is 492 g/mol. The molecule has 0 spiro atoms. The number of carbonyl (C=O) groups is 1. The van der Waals surface area contributed by atoms with Crippen LogP contribution >= 0.6 is 11.3 Å². The number of benzene rings is 2. The largest absolute Gasteiger partial charge is 0.373 e. The summed E-state index contributed by atoms with van der Waals surface area (Å²) in [6.45, 7) is 6.28. The molecule has 0 aliphatic carbocycles. The number of fused-ring (bicyclic) bond motifs is 1. The van der Waals surface area contributed by atoms with E-state index >= 15 is 0 Å². The number of hydrogen-bond donors (Lipinski definition) is 3. The van der Waals surface area contributed by atoms with E-state index in [-0.39, 0.29) is 11.9 Å². The lowest BCUT2D eigenvalue weighted by atomic mass is 9.97. The highest BCUT2D eigenvalue weighted by Gasteiger charge is 2.23. The maximum absolute atomic E-state index is 13.1. The number of nitrogens with zero attached hydrogens (tertiary/aromatic N) is 2. The van der Waals surface area contributed by atoms with Gasteiger partial charge in [-0.05, 0) is 104 Å². The number of likely N-dealkylation sites (tertiary alicyclic amines) is 1. The second-order valence-electron chi connectivity index (χ2n) is 10.3. The quantitative estimate of drug-likeness (QED) is 0.251. The highest BCUT2D eigenvalue weighted by atomic mass is 32.1. The predicted molar refractivity (Wildman–Crippen MR) is 155 cm³/mol. The molecule has 3 heterocycles. The van der Waals surface area contributed by atoms with Crippen LogP contribution in [0.3, 0.4) is 0 Å². The first-order valence-electron chi connectivity index (χ1n) is 13.4. The highest BCUT2D eigenvalue weighted by molar-refractivity contribution is 7.10. The molecule has 7 heteroatoms. The van der Waals surface area contributed by atoms with Crippen LogP contribution in [0.1, 0.15) is 64.8 Å². The second-order valence-corrected chi connectivity index (χ2v) is 11.2. The number of aliphatic hydroxyl groups excluding tert-OH is 1. The summed E-state index contributed by atoms with van der Waals surface area (Å²) in [5.41, 5.74) is 5.03. The fraction of sp³-hybridized carbons (Fsp3) is 0.355. The monoisotopic (exact) mass is 528 g/mol. The molecule has 6 nitrogen and oxygen atoms in total. The van der Waals surface area contributed by atoms with Gasteiger partial charge in [0.2, 0.25) is 0 Å². The standard InChI is InChI=1S/C31H36N4O2S/c1-4-28(34-30(36)24-8-9-25-18-32-13-10-21(25)16-24)23-7-5-6-22(17-23)27-19-38-29(20(27)2)31(37)33-26-11-14-35(3)15-12-26/h5-10,13,16-19,26,28,31,33,37H,4,11-12,14-15H2,1-3H3,(H,34,36). The molecule has 2 aromatic heterocycles.